The number of aliphatic hydroxyl groups excluding tert-OH is 2. The molecule has 0 saturated carbocycles. The lowest BCUT2D eigenvalue weighted by Gasteiger charge is -2.27. The van der Waals surface area contributed by atoms with Crippen molar-refractivity contribution in [1.29, 1.82) is 0 Å². The first-order valence-electron chi connectivity index (χ1n) is 5.10. The van der Waals surface area contributed by atoms with Gasteiger partial charge in [0.2, 0.25) is 0 Å². The Bertz CT molecular complexity index is 286. The third-order valence-corrected chi connectivity index (χ3v) is 5.44. The maximum atomic E-state index is 11.1. The van der Waals surface area contributed by atoms with Crippen LogP contribution in [0, 0.1) is 5.41 Å². The van der Waals surface area contributed by atoms with Crippen LogP contribution in [-0.4, -0.2) is 49.1 Å². The summed E-state index contributed by atoms with van der Waals surface area (Å²) in [4.78, 5) is 0. The SMILES string of the molecule is C=CS(=O)(=O)CCSCC(CC)(CO)CO. The molecule has 0 spiro atoms. The second kappa shape index (κ2) is 7.32. The van der Waals surface area contributed by atoms with Gasteiger partial charge in [-0.1, -0.05) is 13.5 Å². The Labute approximate surface area is 102 Å². The number of thioether (sulfide) groups is 1. The van der Waals surface area contributed by atoms with E-state index in [4.69, 9.17) is 0 Å². The molecule has 0 aliphatic rings. The molecule has 0 radical (unpaired) electrons. The van der Waals surface area contributed by atoms with Gasteiger partial charge in [0.15, 0.2) is 9.84 Å². The molecule has 0 rings (SSSR count). The van der Waals surface area contributed by atoms with Crippen molar-refractivity contribution in [2.45, 2.75) is 13.3 Å². The lowest BCUT2D eigenvalue weighted by atomic mass is 9.90. The van der Waals surface area contributed by atoms with Gasteiger partial charge in [-0.05, 0) is 6.42 Å². The van der Waals surface area contributed by atoms with Crippen molar-refractivity contribution in [2.75, 3.05) is 30.5 Å². The van der Waals surface area contributed by atoms with E-state index >= 15 is 0 Å². The van der Waals surface area contributed by atoms with Crippen molar-refractivity contribution in [1.82, 2.24) is 0 Å². The van der Waals surface area contributed by atoms with Crippen LogP contribution >= 0.6 is 11.8 Å². The smallest absolute Gasteiger partial charge is 0.171 e. The van der Waals surface area contributed by atoms with E-state index in [0.717, 1.165) is 5.41 Å². The zero-order chi connectivity index (χ0) is 12.7. The van der Waals surface area contributed by atoms with Crippen LogP contribution in [-0.2, 0) is 9.84 Å². The van der Waals surface area contributed by atoms with Crippen LogP contribution < -0.4 is 0 Å². The summed E-state index contributed by atoms with van der Waals surface area (Å²) in [6.45, 7) is 4.96. The van der Waals surface area contributed by atoms with Crippen molar-refractivity contribution >= 4 is 21.6 Å². The molecule has 16 heavy (non-hydrogen) atoms. The Morgan fingerprint density at radius 3 is 2.31 bits per heavy atom. The molecular weight excluding hydrogens is 248 g/mol. The number of hydrogen-bond acceptors (Lipinski definition) is 5. The summed E-state index contributed by atoms with van der Waals surface area (Å²) in [5.41, 5.74) is -0.497. The van der Waals surface area contributed by atoms with Crippen LogP contribution in [0.15, 0.2) is 12.0 Å². The molecule has 0 aliphatic heterocycles. The van der Waals surface area contributed by atoms with Crippen molar-refractivity contribution in [3.63, 3.8) is 0 Å². The van der Waals surface area contributed by atoms with E-state index < -0.39 is 15.3 Å². The third kappa shape index (κ3) is 5.34. The van der Waals surface area contributed by atoms with Gasteiger partial charge in [0, 0.05) is 22.3 Å². The molecule has 0 bridgehead atoms. The van der Waals surface area contributed by atoms with E-state index in [9.17, 15) is 18.6 Å². The van der Waals surface area contributed by atoms with E-state index in [1.165, 1.54) is 11.8 Å². The summed E-state index contributed by atoms with van der Waals surface area (Å²) in [7, 11) is -3.14. The summed E-state index contributed by atoms with van der Waals surface area (Å²) < 4.78 is 22.2. The molecule has 0 aromatic heterocycles. The average molecular weight is 268 g/mol. The normalized spacial score (nSPS) is 12.7. The second-order valence-corrected chi connectivity index (χ2v) is 6.93. The van der Waals surface area contributed by atoms with Crippen molar-refractivity contribution < 1.29 is 18.6 Å². The quantitative estimate of drug-likeness (QED) is 0.601. The molecule has 0 aliphatic carbocycles. The fourth-order valence-electron chi connectivity index (χ4n) is 1.01. The zero-order valence-electron chi connectivity index (χ0n) is 9.55. The summed E-state index contributed by atoms with van der Waals surface area (Å²) in [6, 6.07) is 0. The molecule has 4 nitrogen and oxygen atoms in total. The molecule has 0 unspecified atom stereocenters. The highest BCUT2D eigenvalue weighted by molar-refractivity contribution is 8.01. The third-order valence-electron chi connectivity index (χ3n) is 2.60. The summed E-state index contributed by atoms with van der Waals surface area (Å²) in [6.07, 6.45) is 0.668. The summed E-state index contributed by atoms with van der Waals surface area (Å²) in [5, 5.41) is 19.3. The molecule has 0 amide bonds. The minimum absolute atomic E-state index is 0.0534. The summed E-state index contributed by atoms with van der Waals surface area (Å²) >= 11 is 1.43. The van der Waals surface area contributed by atoms with Gasteiger partial charge in [-0.15, -0.1) is 0 Å². The molecule has 0 heterocycles. The van der Waals surface area contributed by atoms with Crippen molar-refractivity contribution in [3.8, 4) is 0 Å². The predicted molar refractivity (Wildman–Crippen MR) is 68.2 cm³/mol. The van der Waals surface area contributed by atoms with E-state index in [1.807, 2.05) is 6.92 Å². The van der Waals surface area contributed by atoms with E-state index in [-0.39, 0.29) is 19.0 Å². The van der Waals surface area contributed by atoms with Crippen LogP contribution in [0.2, 0.25) is 0 Å². The Balaban J connectivity index is 4.02. The maximum Gasteiger partial charge on any atom is 0.171 e. The zero-order valence-corrected chi connectivity index (χ0v) is 11.2. The molecule has 6 heteroatoms. The van der Waals surface area contributed by atoms with E-state index in [2.05, 4.69) is 6.58 Å². The minimum atomic E-state index is -3.14. The second-order valence-electron chi connectivity index (χ2n) is 3.76. The summed E-state index contributed by atoms with van der Waals surface area (Å²) in [5.74, 6) is 1.07. The lowest BCUT2D eigenvalue weighted by molar-refractivity contribution is 0.0710. The average Bonchev–Trinajstić information content (AvgIpc) is 2.30. The van der Waals surface area contributed by atoms with Crippen LogP contribution in [0.25, 0.3) is 0 Å². The van der Waals surface area contributed by atoms with Crippen LogP contribution in [0.4, 0.5) is 0 Å². The first-order valence-corrected chi connectivity index (χ1v) is 7.97. The van der Waals surface area contributed by atoms with Gasteiger partial charge in [-0.25, -0.2) is 8.42 Å². The highest BCUT2D eigenvalue weighted by atomic mass is 32.2. The topological polar surface area (TPSA) is 74.6 Å². The molecule has 96 valence electrons. The molecule has 0 aromatic carbocycles. The van der Waals surface area contributed by atoms with Gasteiger partial charge < -0.3 is 10.2 Å². The lowest BCUT2D eigenvalue weighted by Crippen LogP contribution is -2.32. The highest BCUT2D eigenvalue weighted by Crippen LogP contribution is 2.25. The van der Waals surface area contributed by atoms with Crippen molar-refractivity contribution in [3.05, 3.63) is 12.0 Å². The van der Waals surface area contributed by atoms with Gasteiger partial charge in [0.1, 0.15) is 0 Å². The van der Waals surface area contributed by atoms with Crippen LogP contribution in [0.3, 0.4) is 0 Å². The van der Waals surface area contributed by atoms with Gasteiger partial charge >= 0.3 is 0 Å². The Morgan fingerprint density at radius 1 is 1.38 bits per heavy atom. The van der Waals surface area contributed by atoms with Crippen molar-refractivity contribution in [2.24, 2.45) is 5.41 Å². The molecule has 0 aromatic rings. The molecule has 0 atom stereocenters. The minimum Gasteiger partial charge on any atom is -0.396 e. The van der Waals surface area contributed by atoms with Gasteiger partial charge in [-0.2, -0.15) is 11.8 Å². The Kier molecular flexibility index (Phi) is 7.30. The largest absolute Gasteiger partial charge is 0.396 e. The predicted octanol–water partition coefficient (Wildman–Crippen LogP) is 0.659. The van der Waals surface area contributed by atoms with Crippen LogP contribution in [0.1, 0.15) is 13.3 Å². The molecular formula is C10H20O4S2. The van der Waals surface area contributed by atoms with Gasteiger partial charge in [-0.3, -0.25) is 0 Å². The number of sulfone groups is 1. The molecule has 0 fully saturated rings. The van der Waals surface area contributed by atoms with Gasteiger partial charge in [0.05, 0.1) is 19.0 Å². The Hall–Kier alpha value is -0.0400. The maximum absolute atomic E-state index is 11.1. The molecule has 2 N–H and O–H groups in total. The standard InChI is InChI=1S/C10H20O4S2/c1-3-10(7-11,8-12)9-15-5-6-16(13,14)4-2/h4,11-12H,2-3,5-9H2,1H3. The number of aliphatic hydroxyl groups is 2. The fraction of sp³-hybridized carbons (Fsp3) is 0.800. The first-order chi connectivity index (χ1) is 7.45. The Morgan fingerprint density at radius 2 is 1.94 bits per heavy atom. The van der Waals surface area contributed by atoms with Crippen LogP contribution in [0.5, 0.6) is 0 Å². The fourth-order valence-corrected chi connectivity index (χ4v) is 3.55. The van der Waals surface area contributed by atoms with E-state index in [1.54, 1.807) is 0 Å². The number of rotatable bonds is 9. The monoisotopic (exact) mass is 268 g/mol. The number of hydrogen-bond donors (Lipinski definition) is 2. The highest BCUT2D eigenvalue weighted by Gasteiger charge is 2.26. The van der Waals surface area contributed by atoms with E-state index in [0.29, 0.717) is 17.9 Å². The molecule has 0 saturated heterocycles. The first kappa shape index (κ1) is 16.0. The van der Waals surface area contributed by atoms with Gasteiger partial charge in [0.25, 0.3) is 0 Å².